The van der Waals surface area contributed by atoms with Crippen LogP contribution < -0.4 is 9.47 Å². The fourth-order valence-corrected chi connectivity index (χ4v) is 5.78. The maximum atomic E-state index is 9.71. The zero-order chi connectivity index (χ0) is 22.3. The average Bonchev–Trinajstić information content (AvgIpc) is 3.21. The van der Waals surface area contributed by atoms with Crippen LogP contribution in [0, 0.1) is 14.9 Å². The lowest BCUT2D eigenvalue weighted by atomic mass is 10.2. The van der Waals surface area contributed by atoms with E-state index in [9.17, 15) is 5.26 Å². The van der Waals surface area contributed by atoms with Crippen LogP contribution in [0.3, 0.4) is 0 Å². The Morgan fingerprint density at radius 1 is 1.12 bits per heavy atom. The number of allylic oxidation sites excluding steroid dienone is 1. The van der Waals surface area contributed by atoms with E-state index in [1.54, 1.807) is 11.3 Å². The molecule has 4 nitrogen and oxygen atoms in total. The Bertz CT molecular complexity index is 1260. The maximum Gasteiger partial charge on any atom is 0.175 e. The van der Waals surface area contributed by atoms with Gasteiger partial charge in [-0.05, 0) is 82.7 Å². The van der Waals surface area contributed by atoms with Gasteiger partial charge in [-0.25, -0.2) is 4.98 Å². The van der Waals surface area contributed by atoms with Crippen molar-refractivity contribution in [1.82, 2.24) is 4.98 Å². The zero-order valence-corrected chi connectivity index (χ0v) is 21.0. The summed E-state index contributed by atoms with van der Waals surface area (Å²) in [7, 11) is 0. The minimum Gasteiger partial charge on any atom is -0.490 e. The van der Waals surface area contributed by atoms with Gasteiger partial charge in [-0.2, -0.15) is 5.26 Å². The van der Waals surface area contributed by atoms with Crippen molar-refractivity contribution in [1.29, 1.82) is 5.26 Å². The van der Waals surface area contributed by atoms with E-state index in [4.69, 9.17) is 9.47 Å². The van der Waals surface area contributed by atoms with Gasteiger partial charge >= 0.3 is 0 Å². The van der Waals surface area contributed by atoms with Crippen LogP contribution >= 0.6 is 45.7 Å². The molecule has 3 aromatic carbocycles. The van der Waals surface area contributed by atoms with Gasteiger partial charge in [-0.15, -0.1) is 11.3 Å². The Morgan fingerprint density at radius 2 is 1.91 bits per heavy atom. The molecule has 1 aromatic heterocycles. The molecule has 160 valence electrons. The van der Waals surface area contributed by atoms with Crippen molar-refractivity contribution in [3.8, 4) is 17.6 Å². The van der Waals surface area contributed by atoms with Crippen LogP contribution in [0.15, 0.2) is 76.0 Å². The number of para-hydroxylation sites is 1. The third-order valence-electron chi connectivity index (χ3n) is 4.44. The van der Waals surface area contributed by atoms with Crippen molar-refractivity contribution in [2.75, 3.05) is 6.61 Å². The summed E-state index contributed by atoms with van der Waals surface area (Å²) in [5.74, 6) is 1.38. The Kier molecular flexibility index (Phi) is 7.68. The first-order valence-corrected chi connectivity index (χ1v) is 12.7. The quantitative estimate of drug-likeness (QED) is 0.125. The van der Waals surface area contributed by atoms with Gasteiger partial charge in [0.2, 0.25) is 0 Å². The molecular weight excluding hydrogens is 551 g/mol. The lowest BCUT2D eigenvalue weighted by Crippen LogP contribution is -2.02. The molecule has 7 heteroatoms. The van der Waals surface area contributed by atoms with Crippen LogP contribution in [0.25, 0.3) is 16.3 Å². The molecule has 0 aliphatic carbocycles. The van der Waals surface area contributed by atoms with E-state index in [0.717, 1.165) is 29.3 Å². The van der Waals surface area contributed by atoms with Gasteiger partial charge in [0.1, 0.15) is 12.7 Å². The smallest absolute Gasteiger partial charge is 0.175 e. The highest BCUT2D eigenvalue weighted by Crippen LogP contribution is 2.38. The van der Waals surface area contributed by atoms with Gasteiger partial charge in [0.05, 0.1) is 25.3 Å². The molecule has 0 saturated heterocycles. The highest BCUT2D eigenvalue weighted by Gasteiger charge is 2.13. The number of thiazole rings is 1. The number of halogens is 1. The zero-order valence-electron chi connectivity index (χ0n) is 17.2. The normalized spacial score (nSPS) is 11.3. The maximum absolute atomic E-state index is 9.71. The molecule has 0 atom stereocenters. The molecule has 32 heavy (non-hydrogen) atoms. The topological polar surface area (TPSA) is 55.1 Å². The van der Waals surface area contributed by atoms with Crippen molar-refractivity contribution in [2.24, 2.45) is 0 Å². The molecule has 0 unspecified atom stereocenters. The van der Waals surface area contributed by atoms with E-state index in [1.807, 2.05) is 79.7 Å². The van der Waals surface area contributed by atoms with E-state index in [0.29, 0.717) is 29.6 Å². The van der Waals surface area contributed by atoms with Crippen molar-refractivity contribution in [2.45, 2.75) is 17.9 Å². The van der Waals surface area contributed by atoms with Gasteiger partial charge in [-0.1, -0.05) is 42.5 Å². The second-order valence-corrected chi connectivity index (χ2v) is 10.2. The van der Waals surface area contributed by atoms with Crippen LogP contribution in [0.2, 0.25) is 0 Å². The first-order valence-electron chi connectivity index (χ1n) is 9.94. The van der Waals surface area contributed by atoms with Gasteiger partial charge < -0.3 is 9.47 Å². The lowest BCUT2D eigenvalue weighted by Gasteiger charge is -2.15. The van der Waals surface area contributed by atoms with E-state index in [-0.39, 0.29) is 0 Å². The summed E-state index contributed by atoms with van der Waals surface area (Å²) < 4.78 is 14.8. The average molecular weight is 570 g/mol. The molecule has 0 aliphatic heterocycles. The van der Waals surface area contributed by atoms with Crippen LogP contribution in [-0.2, 0) is 6.61 Å². The van der Waals surface area contributed by atoms with Gasteiger partial charge in [0.25, 0.3) is 0 Å². The number of benzene rings is 3. The number of rotatable bonds is 8. The molecule has 4 aromatic rings. The third-order valence-corrected chi connectivity index (χ3v) is 7.26. The Balaban J connectivity index is 1.58. The Labute approximate surface area is 209 Å². The number of nitriles is 1. The molecule has 0 N–H and O–H groups in total. The molecule has 0 saturated carbocycles. The number of hydrogen-bond acceptors (Lipinski definition) is 6. The third kappa shape index (κ3) is 5.63. The fourth-order valence-electron chi connectivity index (χ4n) is 3.03. The lowest BCUT2D eigenvalue weighted by molar-refractivity contribution is 0.267. The summed E-state index contributed by atoms with van der Waals surface area (Å²) in [6, 6.07) is 24.2. The highest BCUT2D eigenvalue weighted by atomic mass is 127. The molecule has 0 radical (unpaired) electrons. The number of fused-ring (bicyclic) bond motifs is 1. The summed E-state index contributed by atoms with van der Waals surface area (Å²) >= 11 is 5.22. The molecule has 0 fully saturated rings. The summed E-state index contributed by atoms with van der Waals surface area (Å²) in [6.07, 6.45) is 1.86. The number of ether oxygens (including phenoxy) is 2. The minimum atomic E-state index is 0.461. The second kappa shape index (κ2) is 10.9. The van der Waals surface area contributed by atoms with Crippen molar-refractivity contribution in [3.05, 3.63) is 86.3 Å². The SMILES string of the molecule is CCOc1cc(/C=C(\C#N)Sc2nc3ccccc3s2)cc(I)c1OCc1ccccc1. The van der Waals surface area contributed by atoms with Crippen LogP contribution in [-0.4, -0.2) is 11.6 Å². The van der Waals surface area contributed by atoms with Gasteiger partial charge in [-0.3, -0.25) is 0 Å². The van der Waals surface area contributed by atoms with Crippen molar-refractivity contribution < 1.29 is 9.47 Å². The first-order chi connectivity index (χ1) is 15.7. The van der Waals surface area contributed by atoms with Crippen molar-refractivity contribution in [3.63, 3.8) is 0 Å². The largest absolute Gasteiger partial charge is 0.490 e. The van der Waals surface area contributed by atoms with E-state index < -0.39 is 0 Å². The molecule has 1 heterocycles. The van der Waals surface area contributed by atoms with Gasteiger partial charge in [0.15, 0.2) is 15.8 Å². The minimum absolute atomic E-state index is 0.461. The molecule has 4 rings (SSSR count). The number of nitrogens with zero attached hydrogens (tertiary/aromatic N) is 2. The molecule has 0 bridgehead atoms. The molecular formula is C25H19IN2O2S2. The first kappa shape index (κ1) is 22.6. The van der Waals surface area contributed by atoms with Crippen LogP contribution in [0.4, 0.5) is 0 Å². The summed E-state index contributed by atoms with van der Waals surface area (Å²) in [5, 5.41) is 9.71. The monoisotopic (exact) mass is 570 g/mol. The van der Waals surface area contributed by atoms with E-state index in [2.05, 4.69) is 33.6 Å². The molecule has 0 aliphatic rings. The van der Waals surface area contributed by atoms with Crippen molar-refractivity contribution >= 4 is 62.0 Å². The number of aromatic nitrogens is 1. The summed E-state index contributed by atoms with van der Waals surface area (Å²) in [5.41, 5.74) is 2.93. The molecule has 0 spiro atoms. The Hall–Kier alpha value is -2.54. The molecule has 0 amide bonds. The fraction of sp³-hybridized carbons (Fsp3) is 0.120. The predicted octanol–water partition coefficient (Wildman–Crippen LogP) is 7.54. The van der Waals surface area contributed by atoms with Crippen LogP contribution in [0.5, 0.6) is 11.5 Å². The van der Waals surface area contributed by atoms with E-state index >= 15 is 0 Å². The standard InChI is InChI=1S/C25H19IN2O2S2/c1-2-29-22-14-18(13-20(26)24(22)30-16-17-8-4-3-5-9-17)12-19(15-27)31-25-28-21-10-6-7-11-23(21)32-25/h3-14H,2,16H2,1H3/b19-12+. The second-order valence-electron chi connectivity index (χ2n) is 6.71. The number of hydrogen-bond donors (Lipinski definition) is 0. The number of thioether (sulfide) groups is 1. The summed E-state index contributed by atoms with van der Waals surface area (Å²) in [4.78, 5) is 5.19. The van der Waals surface area contributed by atoms with Gasteiger partial charge in [0, 0.05) is 0 Å². The predicted molar refractivity (Wildman–Crippen MR) is 140 cm³/mol. The summed E-state index contributed by atoms with van der Waals surface area (Å²) in [6.45, 7) is 2.93. The Morgan fingerprint density at radius 3 is 2.66 bits per heavy atom. The highest BCUT2D eigenvalue weighted by molar-refractivity contribution is 14.1. The van der Waals surface area contributed by atoms with E-state index in [1.165, 1.54) is 11.8 Å². The van der Waals surface area contributed by atoms with Crippen LogP contribution in [0.1, 0.15) is 18.1 Å².